The van der Waals surface area contributed by atoms with E-state index in [-0.39, 0.29) is 35.4 Å². The number of aromatic amines is 1. The van der Waals surface area contributed by atoms with Gasteiger partial charge >= 0.3 is 4.87 Å². The number of nitrogens with one attached hydrogen (secondary N) is 2. The van der Waals surface area contributed by atoms with Gasteiger partial charge in [0.05, 0.1) is 4.70 Å². The molecule has 1 saturated carbocycles. The van der Waals surface area contributed by atoms with Gasteiger partial charge in [0.2, 0.25) is 11.8 Å². The van der Waals surface area contributed by atoms with Crippen molar-refractivity contribution < 1.29 is 18.7 Å². The van der Waals surface area contributed by atoms with E-state index in [4.69, 9.17) is 11.6 Å². The Morgan fingerprint density at radius 2 is 1.92 bits per heavy atom. The first-order valence-electron chi connectivity index (χ1n) is 13.7. The topological polar surface area (TPSA) is 85.4 Å². The van der Waals surface area contributed by atoms with Crippen molar-refractivity contribution in [3.8, 4) is 5.75 Å². The zero-order chi connectivity index (χ0) is 27.8. The fourth-order valence-corrected chi connectivity index (χ4v) is 6.39. The number of thiazole rings is 1. The summed E-state index contributed by atoms with van der Waals surface area (Å²) in [7, 11) is 0. The highest BCUT2D eigenvalue weighted by Crippen LogP contribution is 2.35. The van der Waals surface area contributed by atoms with Crippen LogP contribution < -0.4 is 10.2 Å². The predicted octanol–water partition coefficient (Wildman–Crippen LogP) is 6.29. The first-order chi connectivity index (χ1) is 18.7. The Morgan fingerprint density at radius 3 is 2.69 bits per heavy atom. The molecular formula is C29H36ClF2N3O3S. The molecule has 4 rings (SSSR count). The number of phenols is 1. The van der Waals surface area contributed by atoms with Gasteiger partial charge in [-0.15, -0.1) is 0 Å². The molecule has 0 aliphatic heterocycles. The largest absolute Gasteiger partial charge is 0.506 e. The summed E-state index contributed by atoms with van der Waals surface area (Å²) in [4.78, 5) is 29.2. The zero-order valence-corrected chi connectivity index (χ0v) is 23.6. The average Bonchev–Trinajstić information content (AvgIpc) is 3.30. The van der Waals surface area contributed by atoms with Gasteiger partial charge in [0.1, 0.15) is 11.3 Å². The minimum atomic E-state index is -2.63. The number of amides is 1. The lowest BCUT2D eigenvalue weighted by Gasteiger charge is -2.37. The third kappa shape index (κ3) is 8.50. The summed E-state index contributed by atoms with van der Waals surface area (Å²) in [5.41, 5.74) is 2.62. The van der Waals surface area contributed by atoms with E-state index in [9.17, 15) is 23.5 Å². The van der Waals surface area contributed by atoms with Crippen LogP contribution in [0.2, 0.25) is 5.02 Å². The lowest BCUT2D eigenvalue weighted by atomic mass is 9.90. The minimum absolute atomic E-state index is 0.0119. The normalized spacial score (nSPS) is 15.6. The van der Waals surface area contributed by atoms with Crippen LogP contribution in [0.4, 0.5) is 8.78 Å². The molecule has 0 unspecified atom stereocenters. The molecule has 2 aromatic carbocycles. The molecule has 1 aliphatic carbocycles. The Hall–Kier alpha value is -2.49. The van der Waals surface area contributed by atoms with E-state index in [1.165, 1.54) is 0 Å². The van der Waals surface area contributed by atoms with E-state index in [1.807, 2.05) is 35.2 Å². The Labute approximate surface area is 236 Å². The highest BCUT2D eigenvalue weighted by molar-refractivity contribution is 7.16. The quantitative estimate of drug-likeness (QED) is 0.208. The van der Waals surface area contributed by atoms with Crippen LogP contribution >= 0.6 is 22.9 Å². The predicted molar refractivity (Wildman–Crippen MR) is 153 cm³/mol. The zero-order valence-electron chi connectivity index (χ0n) is 22.0. The average molecular weight is 580 g/mol. The lowest BCUT2D eigenvalue weighted by Crippen LogP contribution is -2.45. The summed E-state index contributed by atoms with van der Waals surface area (Å²) in [6, 6.07) is 11.0. The van der Waals surface area contributed by atoms with Crippen LogP contribution in [0.3, 0.4) is 0 Å². The highest BCUT2D eigenvalue weighted by Gasteiger charge is 2.37. The van der Waals surface area contributed by atoms with E-state index < -0.39 is 5.92 Å². The molecule has 1 amide bonds. The number of fused-ring (bicyclic) bond motifs is 1. The van der Waals surface area contributed by atoms with Crippen LogP contribution in [0.1, 0.15) is 62.5 Å². The fourth-order valence-electron chi connectivity index (χ4n) is 5.28. The van der Waals surface area contributed by atoms with Gasteiger partial charge in [0, 0.05) is 43.4 Å². The number of alkyl halides is 2. The molecule has 6 nitrogen and oxygen atoms in total. The first-order valence-corrected chi connectivity index (χ1v) is 14.9. The minimum Gasteiger partial charge on any atom is -0.506 e. The van der Waals surface area contributed by atoms with Crippen LogP contribution in [0.15, 0.2) is 41.2 Å². The Balaban J connectivity index is 1.25. The third-order valence-corrected chi connectivity index (χ3v) is 8.62. The molecule has 1 fully saturated rings. The van der Waals surface area contributed by atoms with Crippen LogP contribution in [-0.4, -0.2) is 52.5 Å². The van der Waals surface area contributed by atoms with Gasteiger partial charge in [0.25, 0.3) is 0 Å². The Kier molecular flexibility index (Phi) is 10.4. The number of benzene rings is 2. The van der Waals surface area contributed by atoms with Crippen molar-refractivity contribution in [3.63, 3.8) is 0 Å². The van der Waals surface area contributed by atoms with Crippen molar-refractivity contribution in [3.05, 3.63) is 62.2 Å². The van der Waals surface area contributed by atoms with E-state index in [2.05, 4.69) is 10.3 Å². The Bertz CT molecular complexity index is 1300. The summed E-state index contributed by atoms with van der Waals surface area (Å²) < 4.78 is 28.4. The van der Waals surface area contributed by atoms with Gasteiger partial charge in [-0.05, 0) is 74.4 Å². The van der Waals surface area contributed by atoms with Crippen LogP contribution in [0.25, 0.3) is 10.2 Å². The number of unbranched alkanes of at least 4 members (excludes halogenated alkanes) is 2. The van der Waals surface area contributed by atoms with Gasteiger partial charge in [0.15, 0.2) is 0 Å². The maximum atomic E-state index is 13.8. The van der Waals surface area contributed by atoms with E-state index in [1.54, 1.807) is 6.07 Å². The number of nitrogens with zero attached hydrogens (tertiary/aromatic N) is 1. The van der Waals surface area contributed by atoms with Crippen molar-refractivity contribution in [1.29, 1.82) is 0 Å². The van der Waals surface area contributed by atoms with Crippen LogP contribution in [0, 0.1) is 0 Å². The maximum Gasteiger partial charge on any atom is 0.305 e. The van der Waals surface area contributed by atoms with Crippen molar-refractivity contribution >= 4 is 39.1 Å². The summed E-state index contributed by atoms with van der Waals surface area (Å²) in [5, 5.41) is 14.0. The number of aromatic hydroxyl groups is 1. The molecular weight excluding hydrogens is 544 g/mol. The molecule has 39 heavy (non-hydrogen) atoms. The number of phenolic OH excluding ortho intramolecular Hbond substituents is 1. The lowest BCUT2D eigenvalue weighted by molar-refractivity contribution is -0.136. The Morgan fingerprint density at radius 1 is 1.13 bits per heavy atom. The van der Waals surface area contributed by atoms with Crippen LogP contribution in [-0.2, 0) is 17.6 Å². The molecule has 0 saturated heterocycles. The number of H-pyrrole nitrogens is 1. The van der Waals surface area contributed by atoms with Crippen molar-refractivity contribution in [2.45, 2.75) is 76.2 Å². The second-order valence-electron chi connectivity index (χ2n) is 10.3. The van der Waals surface area contributed by atoms with Crippen molar-refractivity contribution in [2.75, 3.05) is 19.6 Å². The molecule has 0 bridgehead atoms. The fraction of sp³-hybridized carbons (Fsp3) is 0.517. The van der Waals surface area contributed by atoms with E-state index >= 15 is 0 Å². The number of hydrogen-bond donors (Lipinski definition) is 3. The van der Waals surface area contributed by atoms with Gasteiger partial charge in [-0.25, -0.2) is 8.78 Å². The van der Waals surface area contributed by atoms with E-state index in [0.29, 0.717) is 42.9 Å². The smallest absolute Gasteiger partial charge is 0.305 e. The molecule has 0 spiro atoms. The third-order valence-electron chi connectivity index (χ3n) is 7.43. The summed E-state index contributed by atoms with van der Waals surface area (Å²) in [5.74, 6) is -2.55. The number of hydrogen-bond acceptors (Lipinski definition) is 5. The second kappa shape index (κ2) is 13.7. The monoisotopic (exact) mass is 579 g/mol. The van der Waals surface area contributed by atoms with E-state index in [0.717, 1.165) is 65.8 Å². The number of halogens is 3. The van der Waals surface area contributed by atoms with Gasteiger partial charge in [-0.1, -0.05) is 47.6 Å². The molecule has 0 atom stereocenters. The molecule has 1 aliphatic rings. The van der Waals surface area contributed by atoms with Gasteiger partial charge in [-0.3, -0.25) is 9.59 Å². The maximum absolute atomic E-state index is 13.8. The van der Waals surface area contributed by atoms with Gasteiger partial charge in [-0.2, -0.15) is 0 Å². The van der Waals surface area contributed by atoms with Crippen molar-refractivity contribution in [2.24, 2.45) is 0 Å². The standard InChI is InChI=1S/C29H36ClF2N3O3S/c30-22-7-4-5-20(19-22)12-16-33-17-13-25(37)35(23-10-14-29(31,32)15-11-23)18-3-1-2-6-21-8-9-24(36)26-27(21)39-28(38)34-26/h4-5,7-9,19,23,33,36H,1-3,6,10-18H2,(H,34,38). The molecule has 0 radical (unpaired) electrons. The number of carbonyl (C=O) groups excluding carboxylic acids is 1. The summed E-state index contributed by atoms with van der Waals surface area (Å²) >= 11 is 7.13. The molecule has 1 heterocycles. The molecule has 1 aromatic heterocycles. The van der Waals surface area contributed by atoms with Crippen LogP contribution in [0.5, 0.6) is 5.75 Å². The number of aromatic nitrogens is 1. The second-order valence-corrected chi connectivity index (χ2v) is 11.7. The highest BCUT2D eigenvalue weighted by atomic mass is 35.5. The molecule has 3 N–H and O–H groups in total. The number of aryl methyl sites for hydroxylation is 1. The van der Waals surface area contributed by atoms with Crippen molar-refractivity contribution in [1.82, 2.24) is 15.2 Å². The molecule has 3 aromatic rings. The number of rotatable bonds is 13. The molecule has 212 valence electrons. The summed E-state index contributed by atoms with van der Waals surface area (Å²) in [6.07, 6.45) is 4.73. The molecule has 10 heteroatoms. The first kappa shape index (κ1) is 29.5. The SMILES string of the molecule is O=C(CCNCCc1cccc(Cl)c1)N(CCCCCc1ccc(O)c2[nH]c(=O)sc12)C1CCC(F)(F)CC1. The van der Waals surface area contributed by atoms with Gasteiger partial charge < -0.3 is 20.3 Å². The summed E-state index contributed by atoms with van der Waals surface area (Å²) in [6.45, 7) is 1.82. The number of carbonyl (C=O) groups is 1.